The van der Waals surface area contributed by atoms with Crippen molar-refractivity contribution in [3.63, 3.8) is 0 Å². The molecule has 4 saturated carbocycles. The van der Waals surface area contributed by atoms with E-state index in [9.17, 15) is 15.0 Å². The van der Waals surface area contributed by atoms with E-state index in [0.29, 0.717) is 41.8 Å². The van der Waals surface area contributed by atoms with Crippen LogP contribution in [0.15, 0.2) is 47.6 Å². The van der Waals surface area contributed by atoms with Gasteiger partial charge in [-0.2, -0.15) is 0 Å². The summed E-state index contributed by atoms with van der Waals surface area (Å²) in [6.07, 6.45) is 27.4. The molecule has 4 nitrogen and oxygen atoms in total. The average molecular weight is 595 g/mol. The molecule has 0 bridgehead atoms. The zero-order chi connectivity index (χ0) is 31.0. The van der Waals surface area contributed by atoms with Gasteiger partial charge < -0.3 is 14.9 Å². The summed E-state index contributed by atoms with van der Waals surface area (Å²) in [5, 5.41) is 20.4. The first-order chi connectivity index (χ1) is 20.6. The first kappa shape index (κ1) is 34.4. The molecule has 2 N–H and O–H groups in total. The van der Waals surface area contributed by atoms with Crippen molar-refractivity contribution < 1.29 is 19.7 Å². The van der Waals surface area contributed by atoms with Crippen LogP contribution < -0.4 is 0 Å². The maximum Gasteiger partial charge on any atom is 0.139 e. The largest absolute Gasteiger partial charge is 0.393 e. The van der Waals surface area contributed by atoms with E-state index in [1.807, 2.05) is 7.11 Å². The molecule has 4 heteroatoms. The lowest BCUT2D eigenvalue weighted by atomic mass is 9.61. The highest BCUT2D eigenvalue weighted by Crippen LogP contribution is 2.59. The first-order valence-corrected chi connectivity index (χ1v) is 17.8. The van der Waals surface area contributed by atoms with Gasteiger partial charge in [0, 0.05) is 25.4 Å². The summed E-state index contributed by atoms with van der Waals surface area (Å²) in [4.78, 5) is 13.0. The Hall–Kier alpha value is -1.49. The molecule has 4 fully saturated rings. The summed E-state index contributed by atoms with van der Waals surface area (Å²) in [5.41, 5.74) is 3.55. The van der Waals surface area contributed by atoms with Crippen LogP contribution in [0.25, 0.3) is 0 Å². The van der Waals surface area contributed by atoms with Crippen LogP contribution in [-0.2, 0) is 9.53 Å². The average Bonchev–Trinajstić information content (AvgIpc) is 3.69. The molecule has 0 spiro atoms. The number of rotatable bonds is 16. The van der Waals surface area contributed by atoms with Gasteiger partial charge >= 0.3 is 0 Å². The number of carbonyl (C=O) groups excluding carboxylic acids is 1. The van der Waals surface area contributed by atoms with Gasteiger partial charge in [0.15, 0.2) is 0 Å². The summed E-state index contributed by atoms with van der Waals surface area (Å²) in [5.74, 6) is 2.23. The topological polar surface area (TPSA) is 66.8 Å². The zero-order valence-corrected chi connectivity index (χ0v) is 27.9. The minimum atomic E-state index is -0.634. The molecule has 4 aliphatic carbocycles. The molecular weight excluding hydrogens is 532 g/mol. The van der Waals surface area contributed by atoms with Gasteiger partial charge in [-0.3, -0.25) is 4.79 Å². The number of aliphatic hydroxyl groups excluding tert-OH is 2. The van der Waals surface area contributed by atoms with Crippen molar-refractivity contribution >= 4 is 5.78 Å². The Bertz CT molecular complexity index is 1030. The minimum absolute atomic E-state index is 0.0495. The van der Waals surface area contributed by atoms with E-state index in [2.05, 4.69) is 51.7 Å². The van der Waals surface area contributed by atoms with Crippen molar-refractivity contribution in [3.05, 3.63) is 47.6 Å². The Morgan fingerprint density at radius 3 is 2.53 bits per heavy atom. The Morgan fingerprint density at radius 2 is 1.81 bits per heavy atom. The first-order valence-electron chi connectivity index (χ1n) is 17.8. The molecule has 0 aromatic rings. The second kappa shape index (κ2) is 15.7. The van der Waals surface area contributed by atoms with Crippen molar-refractivity contribution in [1.82, 2.24) is 0 Å². The second-order valence-electron chi connectivity index (χ2n) is 14.9. The van der Waals surface area contributed by atoms with Gasteiger partial charge in [-0.25, -0.2) is 0 Å². The van der Waals surface area contributed by atoms with E-state index < -0.39 is 12.2 Å². The lowest BCUT2D eigenvalue weighted by Gasteiger charge is -2.44. The van der Waals surface area contributed by atoms with Gasteiger partial charge in [0.25, 0.3) is 0 Å². The molecule has 0 saturated heterocycles. The number of hydrogen-bond donors (Lipinski definition) is 2. The fraction of sp³-hybridized carbons (Fsp3) is 0.769. The Balaban J connectivity index is 1.30. The van der Waals surface area contributed by atoms with Gasteiger partial charge in [-0.05, 0) is 105 Å². The third kappa shape index (κ3) is 8.61. The van der Waals surface area contributed by atoms with E-state index >= 15 is 0 Å². The SMILES string of the molecule is C=C1/C(=C\C=C2/CCC[C@]3(C)[C@@H]([C@H](C)/C=C/[C@@H](CCC4(C(=O)CCCCCCCC)CC4)OC)CC[C@@H]23)C[C@@H](O)C[C@@H]1O. The number of hydrogen-bond acceptors (Lipinski definition) is 4. The van der Waals surface area contributed by atoms with Crippen LogP contribution in [0, 0.1) is 28.6 Å². The highest BCUT2D eigenvalue weighted by molar-refractivity contribution is 5.87. The predicted octanol–water partition coefficient (Wildman–Crippen LogP) is 9.21. The molecule has 7 atom stereocenters. The fourth-order valence-corrected chi connectivity index (χ4v) is 8.90. The number of ketones is 1. The number of unbranched alkanes of at least 4 members (excludes halogenated alkanes) is 5. The number of ether oxygens (including phenoxy) is 1. The lowest BCUT2D eigenvalue weighted by Crippen LogP contribution is -2.35. The van der Waals surface area contributed by atoms with Crippen LogP contribution in [0.1, 0.15) is 136 Å². The molecule has 242 valence electrons. The second-order valence-corrected chi connectivity index (χ2v) is 14.9. The van der Waals surface area contributed by atoms with Crippen LogP contribution in [0.5, 0.6) is 0 Å². The molecule has 4 aliphatic rings. The highest BCUT2D eigenvalue weighted by atomic mass is 16.5. The third-order valence-corrected chi connectivity index (χ3v) is 12.0. The fourth-order valence-electron chi connectivity index (χ4n) is 8.90. The molecule has 0 aromatic carbocycles. The summed E-state index contributed by atoms with van der Waals surface area (Å²) in [6.45, 7) is 11.3. The molecule has 0 aliphatic heterocycles. The maximum absolute atomic E-state index is 13.0. The van der Waals surface area contributed by atoms with Gasteiger partial charge in [0.05, 0.1) is 18.3 Å². The maximum atomic E-state index is 13.0. The Morgan fingerprint density at radius 1 is 1.07 bits per heavy atom. The summed E-state index contributed by atoms with van der Waals surface area (Å²) < 4.78 is 5.91. The standard InChI is InChI=1S/C39H62O4/c1-6-7-8-9-10-11-14-37(42)39(24-25-39)23-21-33(43-5)18-15-28(2)34-19-20-35-30(13-12-22-38(34,35)4)16-17-31-26-32(40)27-36(41)29(31)3/h15-18,28,32-36,40-41H,3,6-14,19-27H2,1-2,4-5H3/b18-15+,30-16+,31-17-/t28-,32-,33+,34-,35+,36+,38-/m1/s1. The van der Waals surface area contributed by atoms with Crippen LogP contribution in [0.4, 0.5) is 0 Å². The monoisotopic (exact) mass is 594 g/mol. The van der Waals surface area contributed by atoms with Gasteiger partial charge in [-0.1, -0.05) is 89.3 Å². The molecule has 0 radical (unpaired) electrons. The van der Waals surface area contributed by atoms with E-state index in [0.717, 1.165) is 56.1 Å². The van der Waals surface area contributed by atoms with Crippen molar-refractivity contribution in [2.75, 3.05) is 7.11 Å². The molecule has 0 amide bonds. The van der Waals surface area contributed by atoms with Crippen molar-refractivity contribution in [2.24, 2.45) is 28.6 Å². The molecule has 0 unspecified atom stereocenters. The van der Waals surface area contributed by atoms with Crippen LogP contribution in [0.3, 0.4) is 0 Å². The lowest BCUT2D eigenvalue weighted by molar-refractivity contribution is -0.124. The van der Waals surface area contributed by atoms with E-state index in [-0.39, 0.29) is 11.5 Å². The molecule has 0 heterocycles. The van der Waals surface area contributed by atoms with Crippen LogP contribution in [0.2, 0.25) is 0 Å². The van der Waals surface area contributed by atoms with Gasteiger partial charge in [-0.15, -0.1) is 0 Å². The van der Waals surface area contributed by atoms with Crippen molar-refractivity contribution in [1.29, 1.82) is 0 Å². The van der Waals surface area contributed by atoms with E-state index in [1.165, 1.54) is 63.4 Å². The third-order valence-electron chi connectivity index (χ3n) is 12.0. The number of Topliss-reactive ketones (excluding diaryl/α,β-unsaturated/α-hetero) is 1. The quantitative estimate of drug-likeness (QED) is 0.138. The van der Waals surface area contributed by atoms with E-state index in [4.69, 9.17) is 4.74 Å². The number of allylic oxidation sites excluding steroid dienone is 4. The number of aliphatic hydroxyl groups is 2. The van der Waals surface area contributed by atoms with Crippen LogP contribution >= 0.6 is 0 Å². The normalized spacial score (nSPS) is 33.7. The van der Waals surface area contributed by atoms with Crippen LogP contribution in [-0.4, -0.2) is 41.4 Å². The molecule has 4 rings (SSSR count). The molecular formula is C39H62O4. The zero-order valence-electron chi connectivity index (χ0n) is 27.9. The molecule has 0 aromatic heterocycles. The summed E-state index contributed by atoms with van der Waals surface area (Å²) in [7, 11) is 1.82. The Kier molecular flexibility index (Phi) is 12.5. The predicted molar refractivity (Wildman–Crippen MR) is 178 cm³/mol. The number of fused-ring (bicyclic) bond motifs is 1. The van der Waals surface area contributed by atoms with E-state index in [1.54, 1.807) is 0 Å². The number of carbonyl (C=O) groups is 1. The Labute approximate surface area is 263 Å². The summed E-state index contributed by atoms with van der Waals surface area (Å²) >= 11 is 0. The molecule has 43 heavy (non-hydrogen) atoms. The van der Waals surface area contributed by atoms with Crippen molar-refractivity contribution in [3.8, 4) is 0 Å². The number of methoxy groups -OCH3 is 1. The highest BCUT2D eigenvalue weighted by Gasteiger charge is 2.50. The van der Waals surface area contributed by atoms with Gasteiger partial charge in [0.2, 0.25) is 0 Å². The summed E-state index contributed by atoms with van der Waals surface area (Å²) in [6, 6.07) is 0. The van der Waals surface area contributed by atoms with Gasteiger partial charge in [0.1, 0.15) is 5.78 Å². The van der Waals surface area contributed by atoms with Crippen molar-refractivity contribution in [2.45, 2.75) is 155 Å². The minimum Gasteiger partial charge on any atom is -0.393 e. The smallest absolute Gasteiger partial charge is 0.139 e.